The van der Waals surface area contributed by atoms with E-state index in [2.05, 4.69) is 5.32 Å². The van der Waals surface area contributed by atoms with Gasteiger partial charge < -0.3 is 9.88 Å². The van der Waals surface area contributed by atoms with Gasteiger partial charge in [0.2, 0.25) is 10.0 Å². The lowest BCUT2D eigenvalue weighted by molar-refractivity contribution is 0.0950. The number of fused-ring (bicyclic) bond motifs is 1. The lowest BCUT2D eigenvalue weighted by atomic mass is 9.95. The second-order valence-electron chi connectivity index (χ2n) is 6.85. The van der Waals surface area contributed by atoms with Crippen LogP contribution in [0.2, 0.25) is 0 Å². The fraction of sp³-hybridized carbons (Fsp3) is 0.250. The molecule has 1 aromatic carbocycles. The van der Waals surface area contributed by atoms with Gasteiger partial charge in [-0.15, -0.1) is 11.3 Å². The smallest absolute Gasteiger partial charge is 0.254 e. The van der Waals surface area contributed by atoms with Crippen molar-refractivity contribution in [2.75, 3.05) is 0 Å². The van der Waals surface area contributed by atoms with E-state index in [0.717, 1.165) is 41.8 Å². The molecule has 3 N–H and O–H groups in total. The summed E-state index contributed by atoms with van der Waals surface area (Å²) in [6.45, 7) is 0.319. The maximum absolute atomic E-state index is 13.1. The normalized spacial score (nSPS) is 13.9. The second-order valence-corrected chi connectivity index (χ2v) is 9.50. The Bertz CT molecular complexity index is 1100. The Morgan fingerprint density at radius 3 is 2.46 bits per heavy atom. The molecule has 8 heteroatoms. The highest BCUT2D eigenvalue weighted by Crippen LogP contribution is 2.36. The molecule has 0 saturated carbocycles. The van der Waals surface area contributed by atoms with Crippen LogP contribution in [0, 0.1) is 0 Å². The molecule has 4 rings (SSSR count). The molecule has 28 heavy (non-hydrogen) atoms. The molecule has 1 aliphatic rings. The molecule has 0 bridgehead atoms. The van der Waals surface area contributed by atoms with Crippen LogP contribution in [0.5, 0.6) is 0 Å². The first kappa shape index (κ1) is 18.9. The molecule has 146 valence electrons. The Labute approximate surface area is 168 Å². The molecule has 2 heterocycles. The Morgan fingerprint density at radius 2 is 1.79 bits per heavy atom. The number of primary sulfonamides is 1. The van der Waals surface area contributed by atoms with Gasteiger partial charge in [-0.05, 0) is 61.1 Å². The minimum atomic E-state index is -3.72. The van der Waals surface area contributed by atoms with Gasteiger partial charge in [0.25, 0.3) is 5.91 Å². The van der Waals surface area contributed by atoms with E-state index in [9.17, 15) is 13.2 Å². The number of aryl methyl sites for hydroxylation is 1. The number of carbonyl (C=O) groups is 1. The van der Waals surface area contributed by atoms with E-state index >= 15 is 0 Å². The Kier molecular flexibility index (Phi) is 5.09. The molecule has 0 radical (unpaired) electrons. The lowest BCUT2D eigenvalue weighted by Gasteiger charge is -2.13. The van der Waals surface area contributed by atoms with Crippen LogP contribution >= 0.6 is 11.3 Å². The van der Waals surface area contributed by atoms with Crippen LogP contribution in [0.15, 0.2) is 53.7 Å². The van der Waals surface area contributed by atoms with Crippen LogP contribution in [0.1, 0.15) is 39.2 Å². The molecule has 2 aromatic heterocycles. The first-order chi connectivity index (χ1) is 13.4. The van der Waals surface area contributed by atoms with Crippen molar-refractivity contribution < 1.29 is 13.2 Å². The summed E-state index contributed by atoms with van der Waals surface area (Å²) in [5.41, 5.74) is 2.74. The zero-order chi connectivity index (χ0) is 19.7. The Morgan fingerprint density at radius 1 is 1.11 bits per heavy atom. The summed E-state index contributed by atoms with van der Waals surface area (Å²) in [4.78, 5) is 14.4. The largest absolute Gasteiger partial charge is 0.348 e. The number of carbonyl (C=O) groups excluding carboxylic acids is 1. The summed E-state index contributed by atoms with van der Waals surface area (Å²) in [6, 6.07) is 10.1. The summed E-state index contributed by atoms with van der Waals surface area (Å²) < 4.78 is 24.7. The highest BCUT2D eigenvalue weighted by molar-refractivity contribution is 7.89. The van der Waals surface area contributed by atoms with E-state index in [1.165, 1.54) is 22.6 Å². The molecule has 0 spiro atoms. The topological polar surface area (TPSA) is 94.2 Å². The van der Waals surface area contributed by atoms with Crippen LogP contribution in [0.4, 0.5) is 0 Å². The number of hydrogen-bond donors (Lipinski definition) is 2. The van der Waals surface area contributed by atoms with Crippen LogP contribution in [-0.2, 0) is 29.4 Å². The third-order valence-electron chi connectivity index (χ3n) is 4.92. The number of thiophene rings is 1. The third kappa shape index (κ3) is 3.76. The van der Waals surface area contributed by atoms with Crippen molar-refractivity contribution in [3.8, 4) is 5.00 Å². The number of hydrogen-bond acceptors (Lipinski definition) is 4. The van der Waals surface area contributed by atoms with Gasteiger partial charge in [-0.2, -0.15) is 0 Å². The van der Waals surface area contributed by atoms with Gasteiger partial charge in [-0.25, -0.2) is 13.6 Å². The molecule has 0 unspecified atom stereocenters. The van der Waals surface area contributed by atoms with Gasteiger partial charge in [0.15, 0.2) is 0 Å². The number of sulfonamides is 1. The third-order valence-corrected chi connectivity index (χ3v) is 7.16. The molecular weight excluding hydrogens is 394 g/mol. The molecule has 0 fully saturated rings. The highest BCUT2D eigenvalue weighted by atomic mass is 32.2. The first-order valence-corrected chi connectivity index (χ1v) is 11.5. The van der Waals surface area contributed by atoms with E-state index in [-0.39, 0.29) is 10.8 Å². The van der Waals surface area contributed by atoms with Gasteiger partial charge in [0, 0.05) is 23.8 Å². The minimum absolute atomic E-state index is 0.0596. The summed E-state index contributed by atoms with van der Waals surface area (Å²) in [7, 11) is -3.72. The van der Waals surface area contributed by atoms with Gasteiger partial charge >= 0.3 is 0 Å². The number of nitrogens with two attached hydrogens (primary N) is 1. The predicted molar refractivity (Wildman–Crippen MR) is 109 cm³/mol. The molecule has 1 amide bonds. The second kappa shape index (κ2) is 7.54. The predicted octanol–water partition coefficient (Wildman–Crippen LogP) is 3.00. The van der Waals surface area contributed by atoms with Crippen molar-refractivity contribution in [2.24, 2.45) is 5.14 Å². The molecule has 0 aliphatic heterocycles. The number of nitrogens with zero attached hydrogens (tertiary/aromatic N) is 1. The fourth-order valence-electron chi connectivity index (χ4n) is 3.51. The lowest BCUT2D eigenvalue weighted by Crippen LogP contribution is -2.25. The van der Waals surface area contributed by atoms with Gasteiger partial charge in [-0.1, -0.05) is 12.1 Å². The van der Waals surface area contributed by atoms with Crippen molar-refractivity contribution in [1.29, 1.82) is 0 Å². The monoisotopic (exact) mass is 415 g/mol. The van der Waals surface area contributed by atoms with Crippen LogP contribution in [0.25, 0.3) is 5.00 Å². The summed E-state index contributed by atoms with van der Waals surface area (Å²) in [5.74, 6) is -0.0985. The van der Waals surface area contributed by atoms with Crippen molar-refractivity contribution in [2.45, 2.75) is 37.1 Å². The number of amides is 1. The average Bonchev–Trinajstić information content (AvgIpc) is 3.33. The van der Waals surface area contributed by atoms with Crippen LogP contribution in [0.3, 0.4) is 0 Å². The molecule has 1 aliphatic carbocycles. The SMILES string of the molecule is NS(=O)(=O)c1ccc(CNC(=O)c2c(-n3cccc3)sc3c2CCCC3)cc1. The number of nitrogens with one attached hydrogen (secondary N) is 1. The summed E-state index contributed by atoms with van der Waals surface area (Å²) >= 11 is 1.70. The minimum Gasteiger partial charge on any atom is -0.348 e. The summed E-state index contributed by atoms with van der Waals surface area (Å²) in [6.07, 6.45) is 8.13. The van der Waals surface area contributed by atoms with Gasteiger partial charge in [0.05, 0.1) is 10.5 Å². The quantitative estimate of drug-likeness (QED) is 0.671. The maximum Gasteiger partial charge on any atom is 0.254 e. The van der Waals surface area contributed by atoms with Gasteiger partial charge in [0.1, 0.15) is 5.00 Å². The standard InChI is InChI=1S/C20H21N3O3S2/c21-28(25,26)15-9-7-14(8-10-15)13-22-19(24)18-16-5-1-2-6-17(16)27-20(18)23-11-3-4-12-23/h3-4,7-12H,1-2,5-6,13H2,(H,22,24)(H2,21,25,26). The zero-order valence-corrected chi connectivity index (χ0v) is 16.9. The molecule has 3 aromatic rings. The van der Waals surface area contributed by atoms with E-state index in [0.29, 0.717) is 6.54 Å². The van der Waals surface area contributed by atoms with Gasteiger partial charge in [-0.3, -0.25) is 4.79 Å². The molecular formula is C20H21N3O3S2. The number of aromatic nitrogens is 1. The van der Waals surface area contributed by atoms with Crippen LogP contribution < -0.4 is 10.5 Å². The van der Waals surface area contributed by atoms with E-state index < -0.39 is 10.0 Å². The van der Waals surface area contributed by atoms with E-state index in [4.69, 9.17) is 5.14 Å². The number of benzene rings is 1. The fourth-order valence-corrected chi connectivity index (χ4v) is 5.37. The van der Waals surface area contributed by atoms with Crippen molar-refractivity contribution >= 4 is 27.3 Å². The molecule has 0 saturated heterocycles. The zero-order valence-electron chi connectivity index (χ0n) is 15.2. The molecule has 0 atom stereocenters. The highest BCUT2D eigenvalue weighted by Gasteiger charge is 2.26. The Hall–Kier alpha value is -2.42. The number of rotatable bonds is 5. The van der Waals surface area contributed by atoms with Crippen molar-refractivity contribution in [3.63, 3.8) is 0 Å². The van der Waals surface area contributed by atoms with Crippen molar-refractivity contribution in [3.05, 3.63) is 70.4 Å². The summed E-state index contributed by atoms with van der Waals surface area (Å²) in [5, 5.41) is 9.07. The first-order valence-electron chi connectivity index (χ1n) is 9.11. The van der Waals surface area contributed by atoms with E-state index in [1.54, 1.807) is 23.5 Å². The Balaban J connectivity index is 1.57. The van der Waals surface area contributed by atoms with Crippen molar-refractivity contribution in [1.82, 2.24) is 9.88 Å². The maximum atomic E-state index is 13.1. The van der Waals surface area contributed by atoms with Crippen LogP contribution in [-0.4, -0.2) is 18.9 Å². The molecule has 6 nitrogen and oxygen atoms in total. The average molecular weight is 416 g/mol. The van der Waals surface area contributed by atoms with E-state index in [1.807, 2.05) is 29.1 Å².